The summed E-state index contributed by atoms with van der Waals surface area (Å²) in [5.41, 5.74) is 7.43. The Morgan fingerprint density at radius 1 is 1.16 bits per heavy atom. The fourth-order valence-corrected chi connectivity index (χ4v) is 4.64. The number of hydrogen-bond acceptors (Lipinski definition) is 4. The maximum atomic E-state index is 12.9. The van der Waals surface area contributed by atoms with Crippen LogP contribution in [0, 0.1) is 0 Å². The standard InChI is InChI=1S/C25H34Cl2N4O/c1-30(25(32)19-5-3-2-4-6-19)18-21(20-7-8-23(26)24(27)17-20)9-14-31-15-10-22(11-16-31)29-13-12-28/h2-8,17,21-22,29H,9-16,18,28H2,1H3/t21-/m1/s1. The van der Waals surface area contributed by atoms with Crippen molar-refractivity contribution >= 4 is 29.1 Å². The molecule has 0 bridgehead atoms. The van der Waals surface area contributed by atoms with Gasteiger partial charge in [-0.2, -0.15) is 0 Å². The van der Waals surface area contributed by atoms with Gasteiger partial charge in [0.1, 0.15) is 0 Å². The lowest BCUT2D eigenvalue weighted by Gasteiger charge is -2.34. The molecule has 1 fully saturated rings. The molecule has 1 atom stereocenters. The molecule has 1 aliphatic heterocycles. The predicted octanol–water partition coefficient (Wildman–Crippen LogP) is 4.25. The number of likely N-dealkylation sites (tertiary alicyclic amines) is 1. The number of amides is 1. The molecule has 5 nitrogen and oxygen atoms in total. The minimum absolute atomic E-state index is 0.0300. The fourth-order valence-electron chi connectivity index (χ4n) is 4.33. The van der Waals surface area contributed by atoms with Crippen LogP contribution >= 0.6 is 23.2 Å². The number of carbonyl (C=O) groups excluding carboxylic acids is 1. The number of halogens is 2. The van der Waals surface area contributed by atoms with E-state index in [0.717, 1.165) is 51.0 Å². The summed E-state index contributed by atoms with van der Waals surface area (Å²) in [5, 5.41) is 4.63. The molecule has 1 amide bonds. The maximum absolute atomic E-state index is 12.9. The molecule has 2 aromatic carbocycles. The number of nitrogens with one attached hydrogen (secondary N) is 1. The Bertz CT molecular complexity index is 856. The van der Waals surface area contributed by atoms with Gasteiger partial charge < -0.3 is 20.9 Å². The lowest BCUT2D eigenvalue weighted by Crippen LogP contribution is -2.44. The van der Waals surface area contributed by atoms with E-state index in [2.05, 4.69) is 10.2 Å². The Labute approximate surface area is 201 Å². The lowest BCUT2D eigenvalue weighted by molar-refractivity contribution is 0.0781. The molecule has 0 aromatic heterocycles. The molecule has 0 radical (unpaired) electrons. The van der Waals surface area contributed by atoms with E-state index in [0.29, 0.717) is 34.7 Å². The normalized spacial score (nSPS) is 16.1. The van der Waals surface area contributed by atoms with Crippen LogP contribution in [0.15, 0.2) is 48.5 Å². The third-order valence-electron chi connectivity index (χ3n) is 6.24. The molecule has 3 rings (SSSR count). The van der Waals surface area contributed by atoms with Crippen LogP contribution in [-0.2, 0) is 0 Å². The Hall–Kier alpha value is -1.63. The number of nitrogens with zero attached hydrogens (tertiary/aromatic N) is 2. The molecule has 7 heteroatoms. The van der Waals surface area contributed by atoms with E-state index in [1.807, 2.05) is 60.5 Å². The van der Waals surface area contributed by atoms with E-state index in [-0.39, 0.29) is 11.8 Å². The van der Waals surface area contributed by atoms with Gasteiger partial charge in [-0.1, -0.05) is 47.5 Å². The van der Waals surface area contributed by atoms with Crippen LogP contribution in [0.4, 0.5) is 0 Å². The van der Waals surface area contributed by atoms with E-state index >= 15 is 0 Å². The van der Waals surface area contributed by atoms with E-state index in [1.54, 1.807) is 0 Å². The molecule has 32 heavy (non-hydrogen) atoms. The number of rotatable bonds is 10. The van der Waals surface area contributed by atoms with Crippen molar-refractivity contribution in [2.75, 3.05) is 46.3 Å². The van der Waals surface area contributed by atoms with E-state index in [4.69, 9.17) is 28.9 Å². The largest absolute Gasteiger partial charge is 0.341 e. The first-order valence-electron chi connectivity index (χ1n) is 11.4. The van der Waals surface area contributed by atoms with E-state index in [1.165, 1.54) is 0 Å². The Morgan fingerprint density at radius 2 is 1.88 bits per heavy atom. The van der Waals surface area contributed by atoms with Gasteiger partial charge in [-0.15, -0.1) is 0 Å². The summed E-state index contributed by atoms with van der Waals surface area (Å²) in [6, 6.07) is 15.8. The van der Waals surface area contributed by atoms with Gasteiger partial charge in [0, 0.05) is 44.2 Å². The van der Waals surface area contributed by atoms with Crippen molar-refractivity contribution in [3.05, 3.63) is 69.7 Å². The van der Waals surface area contributed by atoms with Crippen LogP contribution < -0.4 is 11.1 Å². The first-order chi connectivity index (χ1) is 15.5. The zero-order chi connectivity index (χ0) is 22.9. The second-order valence-corrected chi connectivity index (χ2v) is 9.38. The summed E-state index contributed by atoms with van der Waals surface area (Å²) < 4.78 is 0. The summed E-state index contributed by atoms with van der Waals surface area (Å²) in [4.78, 5) is 17.2. The third kappa shape index (κ3) is 7.19. The van der Waals surface area contributed by atoms with Gasteiger partial charge >= 0.3 is 0 Å². The van der Waals surface area contributed by atoms with Gasteiger partial charge in [-0.3, -0.25) is 4.79 Å². The molecule has 1 aliphatic rings. The molecular weight excluding hydrogens is 443 g/mol. The van der Waals surface area contributed by atoms with Gasteiger partial charge in [0.15, 0.2) is 0 Å². The number of piperidine rings is 1. The predicted molar refractivity (Wildman–Crippen MR) is 134 cm³/mol. The van der Waals surface area contributed by atoms with Crippen LogP contribution in [-0.4, -0.2) is 68.1 Å². The highest BCUT2D eigenvalue weighted by atomic mass is 35.5. The molecule has 0 spiro atoms. The van der Waals surface area contributed by atoms with Crippen LogP contribution in [0.1, 0.15) is 41.1 Å². The first kappa shape index (κ1) is 25.0. The third-order valence-corrected chi connectivity index (χ3v) is 6.97. The summed E-state index contributed by atoms with van der Waals surface area (Å²) in [7, 11) is 1.87. The van der Waals surface area contributed by atoms with Crippen LogP contribution in [0.25, 0.3) is 0 Å². The lowest BCUT2D eigenvalue weighted by atomic mass is 9.94. The van der Waals surface area contributed by atoms with E-state index < -0.39 is 0 Å². The van der Waals surface area contributed by atoms with Crippen molar-refractivity contribution in [1.82, 2.24) is 15.1 Å². The summed E-state index contributed by atoms with van der Waals surface area (Å²) >= 11 is 12.5. The second kappa shape index (κ2) is 12.6. The van der Waals surface area contributed by atoms with Crippen molar-refractivity contribution in [1.29, 1.82) is 0 Å². The minimum atomic E-state index is 0.0300. The van der Waals surface area contributed by atoms with Gasteiger partial charge in [0.05, 0.1) is 10.0 Å². The first-order valence-corrected chi connectivity index (χ1v) is 12.1. The Kier molecular flexibility index (Phi) is 9.82. The second-order valence-electron chi connectivity index (χ2n) is 8.57. The SMILES string of the molecule is CN(C[C@@H](CCN1CCC(NCCN)CC1)c1ccc(Cl)c(Cl)c1)C(=O)c1ccccc1. The van der Waals surface area contributed by atoms with Gasteiger partial charge in [0.25, 0.3) is 5.91 Å². The Balaban J connectivity index is 1.64. The van der Waals surface area contributed by atoms with Gasteiger partial charge in [-0.05, 0) is 68.7 Å². The van der Waals surface area contributed by atoms with Crippen molar-refractivity contribution in [2.24, 2.45) is 5.73 Å². The number of likely N-dealkylation sites (N-methyl/N-ethyl adjacent to an activating group) is 1. The maximum Gasteiger partial charge on any atom is 0.253 e. The van der Waals surface area contributed by atoms with Crippen LogP contribution in [0.5, 0.6) is 0 Å². The Morgan fingerprint density at radius 3 is 2.53 bits per heavy atom. The summed E-state index contributed by atoms with van der Waals surface area (Å²) in [6.07, 6.45) is 3.24. The quantitative estimate of drug-likeness (QED) is 0.537. The number of carbonyl (C=O) groups is 1. The smallest absolute Gasteiger partial charge is 0.253 e. The van der Waals surface area contributed by atoms with Crippen LogP contribution in [0.2, 0.25) is 10.0 Å². The molecule has 0 unspecified atom stereocenters. The number of nitrogens with two attached hydrogens (primary N) is 1. The van der Waals surface area contributed by atoms with Crippen molar-refractivity contribution in [3.8, 4) is 0 Å². The molecule has 2 aromatic rings. The van der Waals surface area contributed by atoms with Gasteiger partial charge in [0.2, 0.25) is 0 Å². The highest BCUT2D eigenvalue weighted by Gasteiger charge is 2.23. The average Bonchev–Trinajstić information content (AvgIpc) is 2.82. The highest BCUT2D eigenvalue weighted by molar-refractivity contribution is 6.42. The van der Waals surface area contributed by atoms with Crippen molar-refractivity contribution in [3.63, 3.8) is 0 Å². The topological polar surface area (TPSA) is 61.6 Å². The molecule has 174 valence electrons. The van der Waals surface area contributed by atoms with Crippen molar-refractivity contribution in [2.45, 2.75) is 31.2 Å². The zero-order valence-corrected chi connectivity index (χ0v) is 20.3. The highest BCUT2D eigenvalue weighted by Crippen LogP contribution is 2.29. The van der Waals surface area contributed by atoms with Crippen molar-refractivity contribution < 1.29 is 4.79 Å². The zero-order valence-electron chi connectivity index (χ0n) is 18.8. The average molecular weight is 477 g/mol. The molecular formula is C25H34Cl2N4O. The molecule has 1 saturated heterocycles. The summed E-state index contributed by atoms with van der Waals surface area (Å²) in [6.45, 7) is 5.33. The minimum Gasteiger partial charge on any atom is -0.341 e. The monoisotopic (exact) mass is 476 g/mol. The molecule has 3 N–H and O–H groups in total. The van der Waals surface area contributed by atoms with Gasteiger partial charge in [-0.25, -0.2) is 0 Å². The fraction of sp³-hybridized carbons (Fsp3) is 0.480. The summed E-state index contributed by atoms with van der Waals surface area (Å²) in [5.74, 6) is 0.206. The molecule has 0 aliphatic carbocycles. The number of hydrogen-bond donors (Lipinski definition) is 2. The van der Waals surface area contributed by atoms with Crippen LogP contribution in [0.3, 0.4) is 0 Å². The van der Waals surface area contributed by atoms with E-state index in [9.17, 15) is 4.79 Å². The molecule has 0 saturated carbocycles. The number of benzene rings is 2. The molecule has 1 heterocycles.